The van der Waals surface area contributed by atoms with Gasteiger partial charge in [-0.05, 0) is 115 Å². The van der Waals surface area contributed by atoms with Crippen LogP contribution in [0.5, 0.6) is 0 Å². The van der Waals surface area contributed by atoms with Crippen molar-refractivity contribution >= 4 is 38.6 Å². The van der Waals surface area contributed by atoms with Crippen molar-refractivity contribution in [3.63, 3.8) is 0 Å². The van der Waals surface area contributed by atoms with Gasteiger partial charge in [-0.15, -0.1) is 0 Å². The van der Waals surface area contributed by atoms with E-state index in [9.17, 15) is 6.85 Å². The highest BCUT2D eigenvalue weighted by molar-refractivity contribution is 5.99. The molecule has 0 aromatic heterocycles. The number of anilines is 3. The number of hydrogen-bond acceptors (Lipinski definition) is 1. The standard InChI is InChI=1S/C50H35N/c1-3-13-36(14-4-1)44-32-45(37-15-5-2-6-16-37)34-46(33-44)39-27-29-47(30-28-39)51(50-24-12-20-40-18-9-10-23-49(40)50)48-22-11-21-42(35-48)43-26-25-38-17-7-8-19-41(38)31-43/h1-35H/i9D,10D,12D,18D,20D,23D,24D,27D,28D,29D,30D. The fourth-order valence-corrected chi connectivity index (χ4v) is 6.46. The molecule has 9 rings (SSSR count). The van der Waals surface area contributed by atoms with Crippen molar-refractivity contribution in [3.05, 3.63) is 212 Å². The van der Waals surface area contributed by atoms with E-state index in [1.165, 1.54) is 4.90 Å². The summed E-state index contributed by atoms with van der Waals surface area (Å²) in [7, 11) is 0. The Balaban J connectivity index is 1.35. The van der Waals surface area contributed by atoms with Gasteiger partial charge in [0.15, 0.2) is 0 Å². The number of nitrogens with zero attached hydrogens (tertiary/aromatic N) is 1. The summed E-state index contributed by atoms with van der Waals surface area (Å²) in [5, 5.41) is 1.44. The Kier molecular flexibility index (Phi) is 5.41. The molecular weight excluding hydrogens is 615 g/mol. The lowest BCUT2D eigenvalue weighted by Gasteiger charge is -2.27. The summed E-state index contributed by atoms with van der Waals surface area (Å²) < 4.78 is 101. The van der Waals surface area contributed by atoms with Crippen LogP contribution in [0.3, 0.4) is 0 Å². The summed E-state index contributed by atoms with van der Waals surface area (Å²) in [6, 6.07) is 39.8. The van der Waals surface area contributed by atoms with Gasteiger partial charge in [-0.1, -0.05) is 158 Å². The second-order valence-corrected chi connectivity index (χ2v) is 12.2. The zero-order valence-corrected chi connectivity index (χ0v) is 27.3. The first-order chi connectivity index (χ1) is 29.8. The Morgan fingerprint density at radius 2 is 0.902 bits per heavy atom. The maximum atomic E-state index is 9.71. The minimum absolute atomic E-state index is 0.0316. The van der Waals surface area contributed by atoms with Gasteiger partial charge in [0.05, 0.1) is 20.8 Å². The first-order valence-corrected chi connectivity index (χ1v) is 16.6. The van der Waals surface area contributed by atoms with Crippen molar-refractivity contribution in [1.29, 1.82) is 0 Å². The van der Waals surface area contributed by atoms with Crippen LogP contribution in [0.4, 0.5) is 17.1 Å². The van der Waals surface area contributed by atoms with Gasteiger partial charge < -0.3 is 4.90 Å². The van der Waals surface area contributed by atoms with Gasteiger partial charge in [0.1, 0.15) is 0 Å². The molecule has 0 aliphatic carbocycles. The summed E-state index contributed by atoms with van der Waals surface area (Å²) in [4.78, 5) is 1.29. The van der Waals surface area contributed by atoms with Crippen LogP contribution in [0.2, 0.25) is 0 Å². The lowest BCUT2D eigenvalue weighted by atomic mass is 9.93. The molecule has 0 aliphatic heterocycles. The number of hydrogen-bond donors (Lipinski definition) is 0. The smallest absolute Gasteiger partial charge is 0.0645 e. The lowest BCUT2D eigenvalue weighted by Crippen LogP contribution is -2.10. The van der Waals surface area contributed by atoms with E-state index in [4.69, 9.17) is 8.22 Å². The molecule has 0 radical (unpaired) electrons. The normalized spacial score (nSPS) is 14.2. The first-order valence-electron chi connectivity index (χ1n) is 22.1. The number of benzene rings is 9. The zero-order valence-electron chi connectivity index (χ0n) is 38.3. The highest BCUT2D eigenvalue weighted by Gasteiger charge is 2.17. The quantitative estimate of drug-likeness (QED) is 0.164. The molecule has 0 unspecified atom stereocenters. The van der Waals surface area contributed by atoms with Gasteiger partial charge in [0.25, 0.3) is 0 Å². The van der Waals surface area contributed by atoms with Crippen LogP contribution >= 0.6 is 0 Å². The highest BCUT2D eigenvalue weighted by atomic mass is 15.1. The van der Waals surface area contributed by atoms with Gasteiger partial charge in [-0.3, -0.25) is 0 Å². The van der Waals surface area contributed by atoms with Crippen LogP contribution in [0, 0.1) is 0 Å². The minimum Gasteiger partial charge on any atom is -0.310 e. The molecule has 0 saturated heterocycles. The summed E-state index contributed by atoms with van der Waals surface area (Å²) in [6.07, 6.45) is 0. The minimum atomic E-state index is -0.633. The summed E-state index contributed by atoms with van der Waals surface area (Å²) in [5.41, 5.74) is 5.00. The third kappa shape index (κ3) is 6.07. The Bertz CT molecular complexity index is 3170. The van der Waals surface area contributed by atoms with E-state index in [1.807, 2.05) is 127 Å². The van der Waals surface area contributed by atoms with E-state index in [1.54, 1.807) is 18.2 Å². The van der Waals surface area contributed by atoms with Crippen LogP contribution in [-0.2, 0) is 0 Å². The maximum Gasteiger partial charge on any atom is 0.0645 e. The monoisotopic (exact) mass is 660 g/mol. The Morgan fingerprint density at radius 3 is 1.63 bits per heavy atom. The van der Waals surface area contributed by atoms with E-state index >= 15 is 0 Å². The Labute approximate surface area is 314 Å². The van der Waals surface area contributed by atoms with Crippen LogP contribution in [0.25, 0.3) is 66.1 Å². The van der Waals surface area contributed by atoms with Crippen LogP contribution in [0.15, 0.2) is 212 Å². The number of rotatable bonds is 7. The zero-order chi connectivity index (χ0) is 43.6. The third-order valence-electron chi connectivity index (χ3n) is 8.97. The molecule has 0 saturated carbocycles. The fourth-order valence-electron chi connectivity index (χ4n) is 6.46. The van der Waals surface area contributed by atoms with E-state index in [2.05, 4.69) is 0 Å². The second kappa shape index (κ2) is 13.3. The third-order valence-corrected chi connectivity index (χ3v) is 8.97. The van der Waals surface area contributed by atoms with Gasteiger partial charge >= 0.3 is 0 Å². The van der Waals surface area contributed by atoms with Crippen molar-refractivity contribution < 1.29 is 15.1 Å². The molecule has 0 aliphatic rings. The van der Waals surface area contributed by atoms with Crippen LogP contribution in [-0.4, -0.2) is 0 Å². The molecule has 0 spiro atoms. The SMILES string of the molecule is [2H]c1c([2H])c(N(c2cccc(-c3ccc4ccccc4c3)c2)c2c([2H])c([2H])c([2H])c3c([2H])c([2H])c([2H])c([2H])c23)c([2H])c([2H])c1-c1cc(-c2ccccc2)cc(-c2ccccc2)c1. The van der Waals surface area contributed by atoms with Crippen LogP contribution in [0.1, 0.15) is 15.1 Å². The largest absolute Gasteiger partial charge is 0.310 e. The first kappa shape index (κ1) is 20.7. The summed E-state index contributed by atoms with van der Waals surface area (Å²) >= 11 is 0. The van der Waals surface area contributed by atoms with E-state index in [-0.39, 0.29) is 45.5 Å². The van der Waals surface area contributed by atoms with Gasteiger partial charge in [-0.2, -0.15) is 0 Å². The van der Waals surface area contributed by atoms with Crippen molar-refractivity contribution in [2.75, 3.05) is 4.90 Å². The van der Waals surface area contributed by atoms with Gasteiger partial charge in [-0.25, -0.2) is 0 Å². The van der Waals surface area contributed by atoms with Crippen molar-refractivity contribution in [2.24, 2.45) is 0 Å². The van der Waals surface area contributed by atoms with Crippen LogP contribution < -0.4 is 4.90 Å². The Morgan fingerprint density at radius 1 is 0.314 bits per heavy atom. The lowest BCUT2D eigenvalue weighted by molar-refractivity contribution is 1.30. The topological polar surface area (TPSA) is 3.24 Å². The maximum absolute atomic E-state index is 9.71. The van der Waals surface area contributed by atoms with E-state index < -0.39 is 54.4 Å². The second-order valence-electron chi connectivity index (χ2n) is 12.2. The molecule has 0 atom stereocenters. The molecule has 51 heavy (non-hydrogen) atoms. The molecule has 0 amide bonds. The molecular formula is C50H35N. The number of fused-ring (bicyclic) bond motifs is 2. The Hall–Kier alpha value is -6.70. The molecule has 0 N–H and O–H groups in total. The van der Waals surface area contributed by atoms with E-state index in [0.29, 0.717) is 11.1 Å². The van der Waals surface area contributed by atoms with Crippen molar-refractivity contribution in [3.8, 4) is 44.5 Å². The fraction of sp³-hybridized carbons (Fsp3) is 0. The molecule has 0 bridgehead atoms. The van der Waals surface area contributed by atoms with Crippen molar-refractivity contribution in [1.82, 2.24) is 0 Å². The predicted octanol–water partition coefficient (Wildman–Crippen LogP) is 14.1. The average molecular weight is 661 g/mol. The van der Waals surface area contributed by atoms with E-state index in [0.717, 1.165) is 38.6 Å². The molecule has 240 valence electrons. The predicted molar refractivity (Wildman–Crippen MR) is 218 cm³/mol. The molecule has 0 fully saturated rings. The van der Waals surface area contributed by atoms with Gasteiger partial charge in [0.2, 0.25) is 0 Å². The molecule has 0 heterocycles. The molecule has 9 aromatic rings. The molecule has 1 nitrogen and oxygen atoms in total. The summed E-state index contributed by atoms with van der Waals surface area (Å²) in [6.45, 7) is 0. The average Bonchev–Trinajstić information content (AvgIpc) is 3.30. The van der Waals surface area contributed by atoms with Crippen molar-refractivity contribution in [2.45, 2.75) is 0 Å². The highest BCUT2D eigenvalue weighted by Crippen LogP contribution is 2.41. The molecule has 1 heteroatoms. The molecule has 9 aromatic carbocycles. The summed E-state index contributed by atoms with van der Waals surface area (Å²) in [5.74, 6) is 0. The van der Waals surface area contributed by atoms with Gasteiger partial charge in [0, 0.05) is 16.8 Å².